The molecule has 270 valence electrons. The number of sulfonamides is 1. The lowest BCUT2D eigenvalue weighted by molar-refractivity contribution is -0.140. The van der Waals surface area contributed by atoms with E-state index in [1.807, 2.05) is 62.4 Å². The molecule has 1 saturated carbocycles. The Morgan fingerprint density at radius 3 is 2.10 bits per heavy atom. The highest BCUT2D eigenvalue weighted by atomic mass is 35.5. The molecule has 0 heterocycles. The van der Waals surface area contributed by atoms with Crippen molar-refractivity contribution >= 4 is 39.1 Å². The smallest absolute Gasteiger partial charge is 0.264 e. The number of carbonyl (C=O) groups is 2. The molecule has 1 atom stereocenters. The van der Waals surface area contributed by atoms with Crippen LogP contribution in [0.1, 0.15) is 54.4 Å². The van der Waals surface area contributed by atoms with Crippen molar-refractivity contribution in [2.24, 2.45) is 0 Å². The Labute approximate surface area is 306 Å². The first-order valence-corrected chi connectivity index (χ1v) is 19.0. The van der Waals surface area contributed by atoms with Gasteiger partial charge < -0.3 is 19.7 Å². The first-order chi connectivity index (χ1) is 24.5. The fourth-order valence-electron chi connectivity index (χ4n) is 6.61. The number of hydrogen-bond donors (Lipinski definition) is 1. The fraction of sp³-hybridized carbons (Fsp3) is 0.350. The molecule has 0 radical (unpaired) electrons. The summed E-state index contributed by atoms with van der Waals surface area (Å²) < 4.78 is 41.1. The zero-order valence-electron chi connectivity index (χ0n) is 29.6. The van der Waals surface area contributed by atoms with Gasteiger partial charge in [-0.05, 0) is 85.3 Å². The van der Waals surface area contributed by atoms with Crippen molar-refractivity contribution in [3.05, 3.63) is 118 Å². The minimum Gasteiger partial charge on any atom is -0.493 e. The number of ether oxygens (including phenoxy) is 2. The topological polar surface area (TPSA) is 105 Å². The van der Waals surface area contributed by atoms with Gasteiger partial charge in [0.25, 0.3) is 10.0 Å². The summed E-state index contributed by atoms with van der Waals surface area (Å²) in [6, 6.07) is 25.4. The van der Waals surface area contributed by atoms with Crippen LogP contribution in [0.3, 0.4) is 0 Å². The predicted molar refractivity (Wildman–Crippen MR) is 201 cm³/mol. The van der Waals surface area contributed by atoms with Gasteiger partial charge in [0, 0.05) is 30.1 Å². The van der Waals surface area contributed by atoms with E-state index in [1.165, 1.54) is 37.3 Å². The number of nitrogens with one attached hydrogen (secondary N) is 1. The minimum absolute atomic E-state index is 0.00852. The van der Waals surface area contributed by atoms with Gasteiger partial charge in [0.2, 0.25) is 11.8 Å². The van der Waals surface area contributed by atoms with Gasteiger partial charge in [-0.1, -0.05) is 79.4 Å². The number of anilines is 1. The largest absolute Gasteiger partial charge is 0.493 e. The van der Waals surface area contributed by atoms with E-state index in [-0.39, 0.29) is 35.6 Å². The van der Waals surface area contributed by atoms with Gasteiger partial charge in [-0.3, -0.25) is 13.9 Å². The lowest BCUT2D eigenvalue weighted by atomic mass is 9.94. The molecule has 51 heavy (non-hydrogen) atoms. The Morgan fingerprint density at radius 1 is 0.824 bits per heavy atom. The highest BCUT2D eigenvalue weighted by Crippen LogP contribution is 2.33. The molecule has 0 spiro atoms. The lowest BCUT2D eigenvalue weighted by Crippen LogP contribution is -2.55. The summed E-state index contributed by atoms with van der Waals surface area (Å²) in [4.78, 5) is 30.6. The normalized spacial score (nSPS) is 14.0. The van der Waals surface area contributed by atoms with E-state index in [0.29, 0.717) is 16.5 Å². The number of hydrogen-bond acceptors (Lipinski definition) is 6. The fourth-order valence-corrected chi connectivity index (χ4v) is 8.15. The Balaban J connectivity index is 1.60. The molecule has 0 aliphatic heterocycles. The highest BCUT2D eigenvalue weighted by molar-refractivity contribution is 7.92. The minimum atomic E-state index is -4.35. The molecular formula is C40H46ClN3O6S. The van der Waals surface area contributed by atoms with Gasteiger partial charge in [0.05, 0.1) is 24.8 Å². The second kappa shape index (κ2) is 17.1. The van der Waals surface area contributed by atoms with E-state index in [0.717, 1.165) is 58.7 Å². The molecule has 0 aromatic heterocycles. The second-order valence-electron chi connectivity index (χ2n) is 13.1. The van der Waals surface area contributed by atoms with E-state index in [2.05, 4.69) is 5.32 Å². The van der Waals surface area contributed by atoms with Crippen LogP contribution < -0.4 is 19.1 Å². The Bertz CT molecular complexity index is 1890. The van der Waals surface area contributed by atoms with Gasteiger partial charge >= 0.3 is 0 Å². The molecule has 1 fully saturated rings. The number of aryl methyl sites for hydroxylation is 2. The number of amides is 2. The quantitative estimate of drug-likeness (QED) is 0.147. The van der Waals surface area contributed by atoms with Crippen molar-refractivity contribution in [3.8, 4) is 11.5 Å². The molecular weight excluding hydrogens is 686 g/mol. The summed E-state index contributed by atoms with van der Waals surface area (Å²) in [6.45, 7) is 3.24. The van der Waals surface area contributed by atoms with Crippen LogP contribution in [0.5, 0.6) is 11.5 Å². The predicted octanol–water partition coefficient (Wildman–Crippen LogP) is 7.26. The molecule has 5 rings (SSSR count). The first kappa shape index (κ1) is 37.7. The van der Waals surface area contributed by atoms with Gasteiger partial charge in [-0.15, -0.1) is 0 Å². The van der Waals surface area contributed by atoms with E-state index >= 15 is 0 Å². The number of rotatable bonds is 14. The molecule has 4 aromatic carbocycles. The Kier molecular flexibility index (Phi) is 12.7. The third kappa shape index (κ3) is 9.62. The van der Waals surface area contributed by atoms with Crippen LogP contribution >= 0.6 is 11.6 Å². The summed E-state index contributed by atoms with van der Waals surface area (Å²) in [5.41, 5.74) is 3.61. The molecule has 4 aromatic rings. The summed E-state index contributed by atoms with van der Waals surface area (Å²) >= 11 is 6.22. The third-order valence-electron chi connectivity index (χ3n) is 9.21. The molecule has 1 aliphatic rings. The van der Waals surface area contributed by atoms with E-state index in [4.69, 9.17) is 21.1 Å². The maximum Gasteiger partial charge on any atom is 0.264 e. The summed E-state index contributed by atoms with van der Waals surface area (Å²) in [5.74, 6) is -0.203. The average Bonchev–Trinajstić information content (AvgIpc) is 3.12. The van der Waals surface area contributed by atoms with Gasteiger partial charge in [-0.25, -0.2) is 8.42 Å². The zero-order chi connectivity index (χ0) is 36.5. The van der Waals surface area contributed by atoms with Crippen LogP contribution in [0.15, 0.2) is 95.9 Å². The zero-order valence-corrected chi connectivity index (χ0v) is 31.2. The van der Waals surface area contributed by atoms with Crippen molar-refractivity contribution in [2.45, 2.75) is 75.9 Å². The van der Waals surface area contributed by atoms with Crippen LogP contribution in [0.2, 0.25) is 5.02 Å². The van der Waals surface area contributed by atoms with Gasteiger partial charge in [-0.2, -0.15) is 0 Å². The van der Waals surface area contributed by atoms with Crippen molar-refractivity contribution < 1.29 is 27.5 Å². The molecule has 0 unspecified atom stereocenters. The monoisotopic (exact) mass is 731 g/mol. The molecule has 0 saturated heterocycles. The summed E-state index contributed by atoms with van der Waals surface area (Å²) in [5, 5.41) is 3.77. The lowest BCUT2D eigenvalue weighted by Gasteiger charge is -2.35. The highest BCUT2D eigenvalue weighted by Gasteiger charge is 2.36. The van der Waals surface area contributed by atoms with E-state index < -0.39 is 28.5 Å². The number of nitrogens with zero attached hydrogens (tertiary/aromatic N) is 2. The molecule has 11 heteroatoms. The van der Waals surface area contributed by atoms with Gasteiger partial charge in [0.15, 0.2) is 11.5 Å². The van der Waals surface area contributed by atoms with E-state index in [9.17, 15) is 18.0 Å². The van der Waals surface area contributed by atoms with Gasteiger partial charge in [0.1, 0.15) is 12.6 Å². The van der Waals surface area contributed by atoms with Crippen molar-refractivity contribution in [1.82, 2.24) is 10.2 Å². The van der Waals surface area contributed by atoms with Crippen LogP contribution in [-0.2, 0) is 32.6 Å². The first-order valence-electron chi connectivity index (χ1n) is 17.2. The molecule has 2 amide bonds. The molecule has 1 aliphatic carbocycles. The molecule has 0 bridgehead atoms. The van der Waals surface area contributed by atoms with Crippen LogP contribution in [0.4, 0.5) is 5.69 Å². The maximum atomic E-state index is 14.9. The average molecular weight is 732 g/mol. The summed E-state index contributed by atoms with van der Waals surface area (Å²) in [6.07, 6.45) is 5.17. The molecule has 1 N–H and O–H groups in total. The Morgan fingerprint density at radius 2 is 1.47 bits per heavy atom. The Hall–Kier alpha value is -4.54. The van der Waals surface area contributed by atoms with Crippen molar-refractivity contribution in [1.29, 1.82) is 0 Å². The SMILES string of the molecule is COc1ccc(S(=O)(=O)N(CC(=O)N(Cc2ccc(Cl)cc2)[C@@H](Cc2ccccc2)C(=O)NC2CCCCC2)c2cc(C)cc(C)c2)cc1OC. The molecule has 9 nitrogen and oxygen atoms in total. The standard InChI is InChI=1S/C40H46ClN3O6S/c1-28-21-29(2)23-34(22-28)44(51(47,48)35-19-20-37(49-3)38(25-35)50-4)27-39(45)43(26-31-15-17-32(41)18-16-31)36(24-30-11-7-5-8-12-30)40(46)42-33-13-9-6-10-14-33/h5,7-8,11-12,15-23,25,33,36H,6,9-10,13-14,24,26-27H2,1-4H3,(H,42,46)/t36-/m0/s1. The number of carbonyl (C=O) groups excluding carboxylic acids is 2. The third-order valence-corrected chi connectivity index (χ3v) is 11.2. The maximum absolute atomic E-state index is 14.9. The number of halogens is 1. The number of benzene rings is 4. The van der Waals surface area contributed by atoms with Crippen LogP contribution in [-0.4, -0.2) is 58.0 Å². The van der Waals surface area contributed by atoms with Crippen molar-refractivity contribution in [2.75, 3.05) is 25.1 Å². The van der Waals surface area contributed by atoms with Crippen molar-refractivity contribution in [3.63, 3.8) is 0 Å². The summed E-state index contributed by atoms with van der Waals surface area (Å²) in [7, 11) is -1.45. The van der Waals surface area contributed by atoms with E-state index in [1.54, 1.807) is 24.3 Å². The van der Waals surface area contributed by atoms with Crippen LogP contribution in [0, 0.1) is 13.8 Å². The second-order valence-corrected chi connectivity index (χ2v) is 15.4. The van der Waals surface area contributed by atoms with Crippen LogP contribution in [0.25, 0.3) is 0 Å². The number of methoxy groups -OCH3 is 2.